The first-order valence-electron chi connectivity index (χ1n) is 12.7. The van der Waals surface area contributed by atoms with Gasteiger partial charge in [0.05, 0.1) is 24.9 Å². The van der Waals surface area contributed by atoms with E-state index in [1.807, 2.05) is 0 Å². The van der Waals surface area contributed by atoms with Crippen LogP contribution in [0.3, 0.4) is 0 Å². The van der Waals surface area contributed by atoms with Crippen LogP contribution in [0.25, 0.3) is 11.3 Å². The number of amides is 1. The standard InChI is InChI=1S/C29H32F3N3O3/c1-29(2,3)20-9-11-21(12-10-20)33-27(36)25-15-24(19-13-22(30)26(32)23(31)14-19)34-35(25)16-17-5-7-18(8-6-17)28(37)38-4/h5-8,13-15,20-21H,9-12,16H2,1-4H3,(H,33,36). The van der Waals surface area contributed by atoms with Crippen LogP contribution in [-0.4, -0.2) is 34.8 Å². The zero-order valence-electron chi connectivity index (χ0n) is 22.0. The van der Waals surface area contributed by atoms with Gasteiger partial charge in [0.2, 0.25) is 0 Å². The van der Waals surface area contributed by atoms with Gasteiger partial charge < -0.3 is 10.1 Å². The summed E-state index contributed by atoms with van der Waals surface area (Å²) in [5, 5.41) is 7.52. The fourth-order valence-electron chi connectivity index (χ4n) is 4.96. The predicted molar refractivity (Wildman–Crippen MR) is 137 cm³/mol. The number of carbonyl (C=O) groups excluding carboxylic acids is 2. The second-order valence-electron chi connectivity index (χ2n) is 10.9. The maximum Gasteiger partial charge on any atom is 0.337 e. The monoisotopic (exact) mass is 527 g/mol. The second-order valence-corrected chi connectivity index (χ2v) is 10.9. The van der Waals surface area contributed by atoms with Crippen LogP contribution in [0, 0.1) is 28.8 Å². The van der Waals surface area contributed by atoms with Crippen molar-refractivity contribution in [3.63, 3.8) is 0 Å². The second kappa shape index (κ2) is 11.0. The Labute approximate surface area is 220 Å². The Morgan fingerprint density at radius 3 is 2.16 bits per heavy atom. The average molecular weight is 528 g/mol. The van der Waals surface area contributed by atoms with Crippen molar-refractivity contribution < 1.29 is 27.5 Å². The summed E-state index contributed by atoms with van der Waals surface area (Å²) >= 11 is 0. The molecule has 4 rings (SSSR count). The van der Waals surface area contributed by atoms with E-state index in [1.54, 1.807) is 24.3 Å². The predicted octanol–water partition coefficient (Wildman–Crippen LogP) is 6.14. The number of benzene rings is 2. The number of hydrogen-bond acceptors (Lipinski definition) is 4. The van der Waals surface area contributed by atoms with Crippen molar-refractivity contribution in [3.05, 3.63) is 76.7 Å². The number of halogens is 3. The zero-order valence-corrected chi connectivity index (χ0v) is 22.0. The molecule has 1 aromatic heterocycles. The molecule has 1 fully saturated rings. The summed E-state index contributed by atoms with van der Waals surface area (Å²) in [5.41, 5.74) is 1.68. The smallest absolute Gasteiger partial charge is 0.337 e. The number of nitrogens with one attached hydrogen (secondary N) is 1. The molecule has 0 unspecified atom stereocenters. The molecule has 202 valence electrons. The number of carbonyl (C=O) groups is 2. The number of nitrogens with zero attached hydrogens (tertiary/aromatic N) is 2. The van der Waals surface area contributed by atoms with Crippen molar-refractivity contribution in [1.29, 1.82) is 0 Å². The number of hydrogen-bond donors (Lipinski definition) is 1. The quantitative estimate of drug-likeness (QED) is 0.309. The zero-order chi connectivity index (χ0) is 27.6. The number of methoxy groups -OCH3 is 1. The highest BCUT2D eigenvalue weighted by Gasteiger charge is 2.31. The minimum atomic E-state index is -1.57. The van der Waals surface area contributed by atoms with Crippen LogP contribution in [0.4, 0.5) is 13.2 Å². The molecule has 0 saturated heterocycles. The summed E-state index contributed by atoms with van der Waals surface area (Å²) in [6, 6.07) is 9.78. The summed E-state index contributed by atoms with van der Waals surface area (Å²) in [4.78, 5) is 25.1. The van der Waals surface area contributed by atoms with Gasteiger partial charge in [-0.3, -0.25) is 9.48 Å². The molecular formula is C29H32F3N3O3. The van der Waals surface area contributed by atoms with Crippen LogP contribution < -0.4 is 5.32 Å². The minimum absolute atomic E-state index is 0.00736. The lowest BCUT2D eigenvalue weighted by Crippen LogP contribution is -2.40. The third-order valence-electron chi connectivity index (χ3n) is 7.29. The number of aromatic nitrogens is 2. The van der Waals surface area contributed by atoms with E-state index in [2.05, 4.69) is 31.2 Å². The minimum Gasteiger partial charge on any atom is -0.465 e. The lowest BCUT2D eigenvalue weighted by atomic mass is 9.71. The van der Waals surface area contributed by atoms with Crippen molar-refractivity contribution in [2.45, 2.75) is 59.0 Å². The van der Waals surface area contributed by atoms with Gasteiger partial charge in [-0.2, -0.15) is 5.10 Å². The molecule has 1 aliphatic rings. The summed E-state index contributed by atoms with van der Waals surface area (Å²) in [7, 11) is 1.29. The third-order valence-corrected chi connectivity index (χ3v) is 7.29. The van der Waals surface area contributed by atoms with Crippen LogP contribution in [0.5, 0.6) is 0 Å². The largest absolute Gasteiger partial charge is 0.465 e. The van der Waals surface area contributed by atoms with E-state index in [9.17, 15) is 22.8 Å². The first kappa shape index (κ1) is 27.4. The highest BCUT2D eigenvalue weighted by Crippen LogP contribution is 2.37. The molecule has 0 atom stereocenters. The van der Waals surface area contributed by atoms with Crippen molar-refractivity contribution in [2.24, 2.45) is 11.3 Å². The molecule has 1 amide bonds. The topological polar surface area (TPSA) is 73.2 Å². The van der Waals surface area contributed by atoms with E-state index >= 15 is 0 Å². The van der Waals surface area contributed by atoms with Crippen LogP contribution in [-0.2, 0) is 11.3 Å². The van der Waals surface area contributed by atoms with E-state index in [0.29, 0.717) is 11.5 Å². The highest BCUT2D eigenvalue weighted by molar-refractivity contribution is 5.94. The molecule has 0 spiro atoms. The fraction of sp³-hybridized carbons (Fsp3) is 0.414. The van der Waals surface area contributed by atoms with Crippen molar-refractivity contribution in [3.8, 4) is 11.3 Å². The van der Waals surface area contributed by atoms with Gasteiger partial charge in [-0.05, 0) is 72.9 Å². The molecular weight excluding hydrogens is 495 g/mol. The summed E-state index contributed by atoms with van der Waals surface area (Å²) in [6.07, 6.45) is 3.75. The molecule has 9 heteroatoms. The van der Waals surface area contributed by atoms with Gasteiger partial charge in [-0.1, -0.05) is 32.9 Å². The summed E-state index contributed by atoms with van der Waals surface area (Å²) in [6.45, 7) is 6.85. The van der Waals surface area contributed by atoms with Gasteiger partial charge in [-0.15, -0.1) is 0 Å². The molecule has 1 heterocycles. The van der Waals surface area contributed by atoms with Crippen LogP contribution in [0.15, 0.2) is 42.5 Å². The Hall–Kier alpha value is -3.62. The van der Waals surface area contributed by atoms with E-state index in [0.717, 1.165) is 43.4 Å². The maximum atomic E-state index is 13.9. The average Bonchev–Trinajstić information content (AvgIpc) is 3.30. The van der Waals surface area contributed by atoms with Gasteiger partial charge >= 0.3 is 5.97 Å². The molecule has 0 bridgehead atoms. The van der Waals surface area contributed by atoms with E-state index in [4.69, 9.17) is 4.74 Å². The SMILES string of the molecule is COC(=O)c1ccc(Cn2nc(-c3cc(F)c(F)c(F)c3)cc2C(=O)NC2CCC(C(C)(C)C)CC2)cc1. The molecule has 3 aromatic rings. The first-order chi connectivity index (χ1) is 18.0. The number of esters is 1. The summed E-state index contributed by atoms with van der Waals surface area (Å²) in [5.74, 6) is -4.48. The van der Waals surface area contributed by atoms with Gasteiger partial charge in [0.25, 0.3) is 5.91 Å². The highest BCUT2D eigenvalue weighted by atomic mass is 19.2. The fourth-order valence-corrected chi connectivity index (χ4v) is 4.96. The Balaban J connectivity index is 1.60. The van der Waals surface area contributed by atoms with Crippen molar-refractivity contribution >= 4 is 11.9 Å². The van der Waals surface area contributed by atoms with Crippen LogP contribution in [0.1, 0.15) is 72.9 Å². The van der Waals surface area contributed by atoms with Gasteiger partial charge in [0.1, 0.15) is 5.69 Å². The molecule has 2 aromatic carbocycles. The molecule has 1 N–H and O–H groups in total. The molecule has 38 heavy (non-hydrogen) atoms. The lowest BCUT2D eigenvalue weighted by molar-refractivity contribution is 0.0600. The Morgan fingerprint density at radius 2 is 1.61 bits per heavy atom. The van der Waals surface area contributed by atoms with E-state index in [-0.39, 0.29) is 40.9 Å². The van der Waals surface area contributed by atoms with Crippen molar-refractivity contribution in [1.82, 2.24) is 15.1 Å². The molecule has 0 aliphatic heterocycles. The van der Waals surface area contributed by atoms with Gasteiger partial charge in [0, 0.05) is 11.6 Å². The Morgan fingerprint density at radius 1 is 1.00 bits per heavy atom. The van der Waals surface area contributed by atoms with E-state index in [1.165, 1.54) is 17.9 Å². The molecule has 0 radical (unpaired) electrons. The van der Waals surface area contributed by atoms with Crippen LogP contribution in [0.2, 0.25) is 0 Å². The molecule has 1 saturated carbocycles. The maximum absolute atomic E-state index is 13.9. The summed E-state index contributed by atoms with van der Waals surface area (Å²) < 4.78 is 47.6. The Bertz CT molecular complexity index is 1300. The number of rotatable bonds is 6. The third kappa shape index (κ3) is 6.09. The number of ether oxygens (including phenoxy) is 1. The molecule has 1 aliphatic carbocycles. The van der Waals surface area contributed by atoms with Crippen molar-refractivity contribution in [2.75, 3.05) is 7.11 Å². The van der Waals surface area contributed by atoms with Gasteiger partial charge in [-0.25, -0.2) is 18.0 Å². The lowest BCUT2D eigenvalue weighted by Gasteiger charge is -2.37. The van der Waals surface area contributed by atoms with E-state index < -0.39 is 23.4 Å². The van der Waals surface area contributed by atoms with Crippen LogP contribution >= 0.6 is 0 Å². The Kier molecular flexibility index (Phi) is 7.94. The van der Waals surface area contributed by atoms with Gasteiger partial charge in [0.15, 0.2) is 17.5 Å². The normalized spacial score (nSPS) is 17.8. The molecule has 6 nitrogen and oxygen atoms in total. The first-order valence-corrected chi connectivity index (χ1v) is 12.7.